The van der Waals surface area contributed by atoms with E-state index in [0.717, 1.165) is 11.0 Å². The normalized spacial score (nSPS) is 17.3. The molecule has 6 nitrogen and oxygen atoms in total. The largest absolute Gasteiger partial charge is 0.360 e. The van der Waals surface area contributed by atoms with Gasteiger partial charge < -0.3 is 4.52 Å². The Morgan fingerprint density at radius 1 is 1.12 bits per heavy atom. The second-order valence-corrected chi connectivity index (χ2v) is 8.75. The summed E-state index contributed by atoms with van der Waals surface area (Å²) in [6.07, 6.45) is 0. The fourth-order valence-electron chi connectivity index (χ4n) is 2.95. The molecule has 1 fully saturated rings. The lowest BCUT2D eigenvalue weighted by Gasteiger charge is -2.33. The standard InChI is InChI=1S/C16H20BrN3O3S/c1-12-16(13(2)23-18-12)24(21,22)20-9-7-19(8-10-20)11-14-3-5-15(17)6-4-14/h3-6H,7-11H2,1-2H3. The Kier molecular flexibility index (Phi) is 5.10. The van der Waals surface area contributed by atoms with Gasteiger partial charge in [-0.15, -0.1) is 0 Å². The van der Waals surface area contributed by atoms with E-state index in [9.17, 15) is 8.42 Å². The van der Waals surface area contributed by atoms with Crippen molar-refractivity contribution in [2.75, 3.05) is 26.2 Å². The van der Waals surface area contributed by atoms with Crippen LogP contribution in [0.4, 0.5) is 0 Å². The molecule has 0 saturated carbocycles. The van der Waals surface area contributed by atoms with E-state index in [2.05, 4.69) is 38.1 Å². The molecule has 1 aliphatic rings. The minimum absolute atomic E-state index is 0.212. The molecule has 0 N–H and O–H groups in total. The molecule has 0 atom stereocenters. The number of hydrogen-bond donors (Lipinski definition) is 0. The van der Waals surface area contributed by atoms with Crippen LogP contribution in [-0.2, 0) is 16.6 Å². The molecule has 3 rings (SSSR count). The maximum atomic E-state index is 12.8. The van der Waals surface area contributed by atoms with Crippen LogP contribution in [0.15, 0.2) is 38.2 Å². The molecule has 0 spiro atoms. The summed E-state index contributed by atoms with van der Waals surface area (Å²) in [4.78, 5) is 2.48. The average molecular weight is 414 g/mol. The fraction of sp³-hybridized carbons (Fsp3) is 0.438. The van der Waals surface area contributed by atoms with Crippen LogP contribution in [0.25, 0.3) is 0 Å². The summed E-state index contributed by atoms with van der Waals surface area (Å²) < 4.78 is 33.2. The van der Waals surface area contributed by atoms with Gasteiger partial charge in [0.2, 0.25) is 10.0 Å². The number of piperazine rings is 1. The van der Waals surface area contributed by atoms with E-state index in [1.54, 1.807) is 13.8 Å². The molecule has 1 aromatic heterocycles. The fourth-order valence-corrected chi connectivity index (χ4v) is 4.93. The number of aryl methyl sites for hydroxylation is 2. The van der Waals surface area contributed by atoms with Crippen LogP contribution in [-0.4, -0.2) is 49.0 Å². The molecular formula is C16H20BrN3O3S. The number of benzene rings is 1. The molecule has 1 saturated heterocycles. The highest BCUT2D eigenvalue weighted by atomic mass is 79.9. The Bertz CT molecular complexity index is 790. The first-order chi connectivity index (χ1) is 11.4. The summed E-state index contributed by atoms with van der Waals surface area (Å²) in [6, 6.07) is 8.20. The lowest BCUT2D eigenvalue weighted by Crippen LogP contribution is -2.48. The molecule has 1 aromatic carbocycles. The van der Waals surface area contributed by atoms with Gasteiger partial charge in [-0.05, 0) is 31.5 Å². The Hall–Kier alpha value is -1.22. The summed E-state index contributed by atoms with van der Waals surface area (Å²) in [7, 11) is -3.54. The lowest BCUT2D eigenvalue weighted by molar-refractivity contribution is 0.181. The molecule has 24 heavy (non-hydrogen) atoms. The maximum absolute atomic E-state index is 12.8. The van der Waals surface area contributed by atoms with E-state index >= 15 is 0 Å². The molecule has 2 aromatic rings. The average Bonchev–Trinajstić information content (AvgIpc) is 2.89. The highest BCUT2D eigenvalue weighted by molar-refractivity contribution is 9.10. The zero-order valence-corrected chi connectivity index (χ0v) is 16.1. The predicted molar refractivity (Wildman–Crippen MR) is 94.2 cm³/mol. The van der Waals surface area contributed by atoms with Gasteiger partial charge in [0, 0.05) is 37.2 Å². The third-order valence-corrected chi connectivity index (χ3v) is 6.89. The second kappa shape index (κ2) is 6.95. The third kappa shape index (κ3) is 3.56. The van der Waals surface area contributed by atoms with Crippen molar-refractivity contribution in [3.63, 3.8) is 0 Å². The van der Waals surface area contributed by atoms with Gasteiger partial charge in [-0.1, -0.05) is 33.2 Å². The predicted octanol–water partition coefficient (Wildman–Crippen LogP) is 2.56. The van der Waals surface area contributed by atoms with Gasteiger partial charge in [0.1, 0.15) is 10.6 Å². The van der Waals surface area contributed by atoms with Gasteiger partial charge in [0.25, 0.3) is 0 Å². The van der Waals surface area contributed by atoms with E-state index < -0.39 is 10.0 Å². The van der Waals surface area contributed by atoms with Crippen LogP contribution in [0.2, 0.25) is 0 Å². The van der Waals surface area contributed by atoms with E-state index in [4.69, 9.17) is 4.52 Å². The third-order valence-electron chi connectivity index (χ3n) is 4.22. The van der Waals surface area contributed by atoms with Crippen LogP contribution in [0.3, 0.4) is 0 Å². The molecule has 0 unspecified atom stereocenters. The minimum Gasteiger partial charge on any atom is -0.360 e. The molecule has 0 aliphatic carbocycles. The number of rotatable bonds is 4. The molecule has 8 heteroatoms. The monoisotopic (exact) mass is 413 g/mol. The van der Waals surface area contributed by atoms with Crippen LogP contribution in [0.5, 0.6) is 0 Å². The highest BCUT2D eigenvalue weighted by Gasteiger charge is 2.33. The minimum atomic E-state index is -3.54. The molecular weight excluding hydrogens is 394 g/mol. The number of sulfonamides is 1. The van der Waals surface area contributed by atoms with Gasteiger partial charge in [-0.3, -0.25) is 4.90 Å². The lowest BCUT2D eigenvalue weighted by atomic mass is 10.2. The van der Waals surface area contributed by atoms with Gasteiger partial charge in [0.15, 0.2) is 5.76 Å². The summed E-state index contributed by atoms with van der Waals surface area (Å²) in [5.41, 5.74) is 1.64. The van der Waals surface area contributed by atoms with Crippen molar-refractivity contribution in [3.8, 4) is 0 Å². The van der Waals surface area contributed by atoms with E-state index in [1.807, 2.05) is 12.1 Å². The smallest absolute Gasteiger partial charge is 0.248 e. The summed E-state index contributed by atoms with van der Waals surface area (Å²) in [5.74, 6) is 0.352. The van der Waals surface area contributed by atoms with Crippen molar-refractivity contribution in [1.29, 1.82) is 0 Å². The number of aromatic nitrogens is 1. The van der Waals surface area contributed by atoms with Gasteiger partial charge >= 0.3 is 0 Å². The molecule has 0 amide bonds. The molecule has 0 bridgehead atoms. The SMILES string of the molecule is Cc1noc(C)c1S(=O)(=O)N1CCN(Cc2ccc(Br)cc2)CC1. The van der Waals surface area contributed by atoms with Crippen LogP contribution < -0.4 is 0 Å². The van der Waals surface area contributed by atoms with E-state index in [0.29, 0.717) is 37.6 Å². The summed E-state index contributed by atoms with van der Waals surface area (Å²) in [5, 5.41) is 3.76. The van der Waals surface area contributed by atoms with Crippen molar-refractivity contribution >= 4 is 26.0 Å². The van der Waals surface area contributed by atoms with Crippen molar-refractivity contribution in [2.45, 2.75) is 25.3 Å². The highest BCUT2D eigenvalue weighted by Crippen LogP contribution is 2.24. The van der Waals surface area contributed by atoms with Gasteiger partial charge in [-0.25, -0.2) is 8.42 Å². The molecule has 0 radical (unpaired) electrons. The topological polar surface area (TPSA) is 66.7 Å². The quantitative estimate of drug-likeness (QED) is 0.770. The maximum Gasteiger partial charge on any atom is 0.248 e. The van der Waals surface area contributed by atoms with Crippen molar-refractivity contribution in [1.82, 2.24) is 14.4 Å². The zero-order chi connectivity index (χ0) is 17.3. The molecule has 2 heterocycles. The van der Waals surface area contributed by atoms with Gasteiger partial charge in [-0.2, -0.15) is 4.31 Å². The summed E-state index contributed by atoms with van der Waals surface area (Å²) in [6.45, 7) is 6.49. The van der Waals surface area contributed by atoms with Gasteiger partial charge in [0.05, 0.1) is 0 Å². The van der Waals surface area contributed by atoms with Crippen molar-refractivity contribution in [3.05, 3.63) is 45.8 Å². The Labute approximate surface area is 150 Å². The molecule has 130 valence electrons. The van der Waals surface area contributed by atoms with Crippen molar-refractivity contribution in [2.24, 2.45) is 0 Å². The zero-order valence-electron chi connectivity index (χ0n) is 13.7. The first-order valence-corrected chi connectivity index (χ1v) is 10.0. The van der Waals surface area contributed by atoms with Crippen LogP contribution >= 0.6 is 15.9 Å². The summed E-state index contributed by atoms with van der Waals surface area (Å²) >= 11 is 3.43. The van der Waals surface area contributed by atoms with Crippen LogP contribution in [0.1, 0.15) is 17.0 Å². The number of halogens is 1. The van der Waals surface area contributed by atoms with Crippen LogP contribution in [0, 0.1) is 13.8 Å². The number of nitrogens with zero attached hydrogens (tertiary/aromatic N) is 3. The second-order valence-electron chi connectivity index (χ2n) is 5.96. The van der Waals surface area contributed by atoms with E-state index in [-0.39, 0.29) is 4.90 Å². The first-order valence-electron chi connectivity index (χ1n) is 7.78. The first kappa shape index (κ1) is 17.6. The number of hydrogen-bond acceptors (Lipinski definition) is 5. The molecule has 1 aliphatic heterocycles. The Morgan fingerprint density at radius 3 is 2.29 bits per heavy atom. The van der Waals surface area contributed by atoms with Crippen molar-refractivity contribution < 1.29 is 12.9 Å². The Morgan fingerprint density at radius 2 is 1.75 bits per heavy atom. The Balaban J connectivity index is 1.65. The van der Waals surface area contributed by atoms with E-state index in [1.165, 1.54) is 9.87 Å².